The van der Waals surface area contributed by atoms with E-state index in [9.17, 15) is 4.79 Å². The van der Waals surface area contributed by atoms with Crippen molar-refractivity contribution in [2.75, 3.05) is 6.54 Å². The largest absolute Gasteiger partial charge is 0.355 e. The molecule has 0 spiro atoms. The number of amides is 1. The topological polar surface area (TPSA) is 42.0 Å². The van der Waals surface area contributed by atoms with Crippen molar-refractivity contribution in [3.63, 3.8) is 0 Å². The van der Waals surface area contributed by atoms with Crippen molar-refractivity contribution in [1.82, 2.24) is 10.3 Å². The SMILES string of the molecule is CC(=O)NCC1c2ccc3c1cccc3n2. The molecule has 1 aromatic heterocycles. The summed E-state index contributed by atoms with van der Waals surface area (Å²) in [5.74, 6) is 0.227. The molecule has 1 atom stereocenters. The van der Waals surface area contributed by atoms with Crippen molar-refractivity contribution in [3.8, 4) is 0 Å². The Labute approximate surface area is 93.5 Å². The van der Waals surface area contributed by atoms with Crippen molar-refractivity contribution in [2.45, 2.75) is 12.8 Å². The minimum Gasteiger partial charge on any atom is -0.355 e. The third kappa shape index (κ3) is 1.28. The summed E-state index contributed by atoms with van der Waals surface area (Å²) < 4.78 is 0. The second-order valence-corrected chi connectivity index (χ2v) is 4.14. The number of rotatable bonds is 2. The first-order valence-electron chi connectivity index (χ1n) is 5.40. The Morgan fingerprint density at radius 2 is 2.25 bits per heavy atom. The van der Waals surface area contributed by atoms with Gasteiger partial charge in [0, 0.05) is 24.8 Å². The van der Waals surface area contributed by atoms with Gasteiger partial charge in [-0.25, -0.2) is 0 Å². The van der Waals surface area contributed by atoms with Crippen molar-refractivity contribution in [3.05, 3.63) is 41.6 Å². The monoisotopic (exact) mass is 212 g/mol. The van der Waals surface area contributed by atoms with Gasteiger partial charge in [-0.2, -0.15) is 0 Å². The predicted molar refractivity (Wildman–Crippen MR) is 62.3 cm³/mol. The number of pyridine rings is 1. The van der Waals surface area contributed by atoms with E-state index >= 15 is 0 Å². The Morgan fingerprint density at radius 3 is 3.06 bits per heavy atom. The molecule has 4 rings (SSSR count). The summed E-state index contributed by atoms with van der Waals surface area (Å²) in [4.78, 5) is 15.5. The standard InChI is InChI=1S/C13H12N2O/c1-8(16)14-7-11-9-3-2-4-12-10(9)5-6-13(11)15-12/h2-6,11H,7H2,1H3,(H,14,16). The average molecular weight is 212 g/mol. The van der Waals surface area contributed by atoms with E-state index in [1.807, 2.05) is 18.2 Å². The summed E-state index contributed by atoms with van der Waals surface area (Å²) in [6, 6.07) is 10.3. The molecule has 0 fully saturated rings. The molecule has 1 aliphatic heterocycles. The first kappa shape index (κ1) is 9.33. The van der Waals surface area contributed by atoms with Gasteiger partial charge in [0.1, 0.15) is 0 Å². The van der Waals surface area contributed by atoms with E-state index in [0.717, 1.165) is 11.2 Å². The maximum absolute atomic E-state index is 11.0. The molecule has 2 heterocycles. The quantitative estimate of drug-likeness (QED) is 0.825. The molecule has 1 aromatic carbocycles. The fourth-order valence-corrected chi connectivity index (χ4v) is 2.31. The van der Waals surface area contributed by atoms with Gasteiger partial charge in [-0.1, -0.05) is 18.2 Å². The minimum absolute atomic E-state index is 0.00665. The van der Waals surface area contributed by atoms with Gasteiger partial charge in [-0.3, -0.25) is 9.78 Å². The lowest BCUT2D eigenvalue weighted by Gasteiger charge is -2.24. The van der Waals surface area contributed by atoms with Crippen molar-refractivity contribution < 1.29 is 4.79 Å². The van der Waals surface area contributed by atoms with E-state index in [0.29, 0.717) is 6.54 Å². The maximum atomic E-state index is 11.0. The van der Waals surface area contributed by atoms with Crippen LogP contribution in [0.2, 0.25) is 0 Å². The Bertz CT molecular complexity index is 577. The normalized spacial score (nSPS) is 16.9. The van der Waals surface area contributed by atoms with Crippen LogP contribution in [0.3, 0.4) is 0 Å². The number of aromatic nitrogens is 1. The van der Waals surface area contributed by atoms with Crippen molar-refractivity contribution >= 4 is 16.8 Å². The molecule has 1 unspecified atom stereocenters. The van der Waals surface area contributed by atoms with E-state index in [-0.39, 0.29) is 11.8 Å². The number of hydrogen-bond donors (Lipinski definition) is 1. The van der Waals surface area contributed by atoms with Gasteiger partial charge >= 0.3 is 0 Å². The Kier molecular flexibility index (Phi) is 1.93. The number of carbonyl (C=O) groups excluding carboxylic acids is 1. The zero-order chi connectivity index (χ0) is 11.1. The molecule has 1 amide bonds. The lowest BCUT2D eigenvalue weighted by molar-refractivity contribution is -0.118. The summed E-state index contributed by atoms with van der Waals surface area (Å²) in [6.07, 6.45) is 0. The van der Waals surface area contributed by atoms with Crippen LogP contribution < -0.4 is 5.32 Å². The van der Waals surface area contributed by atoms with Gasteiger partial charge in [-0.05, 0) is 17.7 Å². The zero-order valence-electron chi connectivity index (χ0n) is 9.03. The van der Waals surface area contributed by atoms with E-state index in [1.54, 1.807) is 6.92 Å². The Balaban J connectivity index is 2.03. The lowest BCUT2D eigenvalue weighted by atomic mass is 9.87. The molecule has 1 aliphatic carbocycles. The molecule has 0 radical (unpaired) electrons. The Hall–Kier alpha value is -1.90. The molecule has 1 N–H and O–H groups in total. The van der Waals surface area contributed by atoms with Gasteiger partial charge in [0.05, 0.1) is 11.2 Å². The smallest absolute Gasteiger partial charge is 0.216 e. The molecular formula is C13H12N2O. The second-order valence-electron chi connectivity index (χ2n) is 4.14. The van der Waals surface area contributed by atoms with Crippen LogP contribution in [0, 0.1) is 0 Å². The van der Waals surface area contributed by atoms with Crippen LogP contribution >= 0.6 is 0 Å². The van der Waals surface area contributed by atoms with Crippen LogP contribution in [0.1, 0.15) is 24.1 Å². The Morgan fingerprint density at radius 1 is 1.38 bits per heavy atom. The van der Waals surface area contributed by atoms with Crippen molar-refractivity contribution in [1.29, 1.82) is 0 Å². The predicted octanol–water partition coefficient (Wildman–Crippen LogP) is 1.82. The van der Waals surface area contributed by atoms with Gasteiger partial charge in [-0.15, -0.1) is 0 Å². The molecule has 16 heavy (non-hydrogen) atoms. The summed E-state index contributed by atoms with van der Waals surface area (Å²) in [5.41, 5.74) is 3.38. The van der Waals surface area contributed by atoms with Crippen LogP contribution in [0.15, 0.2) is 30.3 Å². The van der Waals surface area contributed by atoms with E-state index < -0.39 is 0 Å². The second kappa shape index (κ2) is 3.30. The highest BCUT2D eigenvalue weighted by atomic mass is 16.1. The summed E-state index contributed by atoms with van der Waals surface area (Å²) in [7, 11) is 0. The van der Waals surface area contributed by atoms with Crippen LogP contribution in [-0.4, -0.2) is 17.4 Å². The lowest BCUT2D eigenvalue weighted by Crippen LogP contribution is -2.28. The first-order valence-corrected chi connectivity index (χ1v) is 5.40. The molecule has 80 valence electrons. The van der Waals surface area contributed by atoms with E-state index in [2.05, 4.69) is 22.4 Å². The molecule has 3 heteroatoms. The number of fused-ring (bicyclic) bond motifs is 1. The average Bonchev–Trinajstić information content (AvgIpc) is 2.28. The fourth-order valence-electron chi connectivity index (χ4n) is 2.31. The third-order valence-corrected chi connectivity index (χ3v) is 3.07. The maximum Gasteiger partial charge on any atom is 0.216 e. The fraction of sp³-hybridized carbons (Fsp3) is 0.231. The first-order chi connectivity index (χ1) is 7.75. The van der Waals surface area contributed by atoms with E-state index in [4.69, 9.17) is 0 Å². The summed E-state index contributed by atoms with van der Waals surface area (Å²) in [6.45, 7) is 2.17. The third-order valence-electron chi connectivity index (χ3n) is 3.07. The molecule has 0 saturated heterocycles. The number of nitrogens with one attached hydrogen (secondary N) is 1. The van der Waals surface area contributed by atoms with Crippen LogP contribution in [0.4, 0.5) is 0 Å². The molecule has 0 saturated carbocycles. The molecule has 2 aromatic rings. The van der Waals surface area contributed by atoms with E-state index in [1.165, 1.54) is 10.9 Å². The summed E-state index contributed by atoms with van der Waals surface area (Å²) >= 11 is 0. The highest BCUT2D eigenvalue weighted by Gasteiger charge is 2.23. The number of nitrogens with zero attached hydrogens (tertiary/aromatic N) is 1. The van der Waals surface area contributed by atoms with Gasteiger partial charge in [0.15, 0.2) is 0 Å². The summed E-state index contributed by atoms with van der Waals surface area (Å²) in [5, 5.41) is 4.06. The van der Waals surface area contributed by atoms with Gasteiger partial charge < -0.3 is 5.32 Å². The van der Waals surface area contributed by atoms with Gasteiger partial charge in [0.25, 0.3) is 0 Å². The van der Waals surface area contributed by atoms with Gasteiger partial charge in [0.2, 0.25) is 5.91 Å². The highest BCUT2D eigenvalue weighted by molar-refractivity contribution is 5.86. The molecular weight excluding hydrogens is 200 g/mol. The molecule has 3 nitrogen and oxygen atoms in total. The highest BCUT2D eigenvalue weighted by Crippen LogP contribution is 2.34. The van der Waals surface area contributed by atoms with Crippen LogP contribution in [0.5, 0.6) is 0 Å². The molecule has 2 aliphatic rings. The number of carbonyl (C=O) groups is 1. The van der Waals surface area contributed by atoms with Crippen LogP contribution in [-0.2, 0) is 4.79 Å². The van der Waals surface area contributed by atoms with Crippen molar-refractivity contribution in [2.24, 2.45) is 0 Å². The number of hydrogen-bond acceptors (Lipinski definition) is 2. The number of benzene rings is 1. The zero-order valence-corrected chi connectivity index (χ0v) is 9.03. The van der Waals surface area contributed by atoms with Crippen LogP contribution in [0.25, 0.3) is 10.9 Å². The minimum atomic E-state index is 0.00665. The molecule has 4 bridgehead atoms.